The highest BCUT2D eigenvalue weighted by atomic mass is 16.7. The summed E-state index contributed by atoms with van der Waals surface area (Å²) >= 11 is 0. The Morgan fingerprint density at radius 1 is 1.48 bits per heavy atom. The molecule has 7 heteroatoms. The first-order chi connectivity index (χ1) is 10.1. The minimum absolute atomic E-state index is 0.0185. The molecule has 3 atom stereocenters. The van der Waals surface area contributed by atoms with Crippen LogP contribution in [0.15, 0.2) is 0 Å². The standard InChI is InChI=1S/C14H25N3O4/c1-4-5-6-10(2)21-15-13(18)12-8-7-11-9-16(12)14(19)17(11)20-3/h10-12H,4-9H2,1-3H3,(H,15,18). The van der Waals surface area contributed by atoms with Gasteiger partial charge in [-0.25, -0.2) is 10.3 Å². The maximum atomic E-state index is 12.2. The van der Waals surface area contributed by atoms with E-state index in [1.807, 2.05) is 6.92 Å². The molecule has 0 radical (unpaired) electrons. The summed E-state index contributed by atoms with van der Waals surface area (Å²) < 4.78 is 0. The molecule has 2 aliphatic rings. The first-order valence-corrected chi connectivity index (χ1v) is 7.67. The average molecular weight is 299 g/mol. The van der Waals surface area contributed by atoms with Gasteiger partial charge in [0.2, 0.25) is 0 Å². The molecule has 2 aliphatic heterocycles. The van der Waals surface area contributed by atoms with Crippen LogP contribution in [-0.2, 0) is 14.5 Å². The number of carbonyl (C=O) groups is 2. The molecule has 0 saturated carbocycles. The highest BCUT2D eigenvalue weighted by Gasteiger charge is 2.47. The van der Waals surface area contributed by atoms with Crippen molar-refractivity contribution in [2.75, 3.05) is 13.7 Å². The molecule has 3 amide bonds. The van der Waals surface area contributed by atoms with Crippen LogP contribution in [0.3, 0.4) is 0 Å². The van der Waals surface area contributed by atoms with Gasteiger partial charge in [-0.3, -0.25) is 14.5 Å². The van der Waals surface area contributed by atoms with E-state index in [0.29, 0.717) is 13.0 Å². The molecule has 3 unspecified atom stereocenters. The molecule has 1 N–H and O–H groups in total. The predicted octanol–water partition coefficient (Wildman–Crippen LogP) is 1.44. The van der Waals surface area contributed by atoms with Gasteiger partial charge in [0.25, 0.3) is 5.91 Å². The maximum absolute atomic E-state index is 12.2. The summed E-state index contributed by atoms with van der Waals surface area (Å²) in [5.41, 5.74) is 2.51. The Labute approximate surface area is 125 Å². The number of fused-ring (bicyclic) bond motifs is 2. The number of amides is 3. The fourth-order valence-electron chi connectivity index (χ4n) is 2.91. The normalized spacial score (nSPS) is 26.1. The Morgan fingerprint density at radius 2 is 2.24 bits per heavy atom. The first kappa shape index (κ1) is 16.0. The molecular formula is C14H25N3O4. The molecule has 0 aromatic carbocycles. The number of unbranched alkanes of at least 4 members (excludes halogenated alkanes) is 1. The van der Waals surface area contributed by atoms with Crippen molar-refractivity contribution in [1.82, 2.24) is 15.4 Å². The second kappa shape index (κ2) is 7.09. The van der Waals surface area contributed by atoms with Gasteiger partial charge in [0, 0.05) is 6.54 Å². The third-order valence-electron chi connectivity index (χ3n) is 4.15. The minimum Gasteiger partial charge on any atom is -0.309 e. The summed E-state index contributed by atoms with van der Waals surface area (Å²) in [6, 6.07) is -0.651. The van der Waals surface area contributed by atoms with Crippen LogP contribution in [0.4, 0.5) is 4.79 Å². The number of piperidine rings is 1. The van der Waals surface area contributed by atoms with Gasteiger partial charge < -0.3 is 4.90 Å². The van der Waals surface area contributed by atoms with Crippen LogP contribution in [0.25, 0.3) is 0 Å². The molecule has 2 saturated heterocycles. The summed E-state index contributed by atoms with van der Waals surface area (Å²) in [6.07, 6.45) is 4.45. The minimum atomic E-state index is -0.465. The summed E-state index contributed by atoms with van der Waals surface area (Å²) in [6.45, 7) is 4.58. The molecule has 0 aromatic rings. The summed E-state index contributed by atoms with van der Waals surface area (Å²) in [5.74, 6) is -0.247. The van der Waals surface area contributed by atoms with E-state index in [4.69, 9.17) is 9.68 Å². The molecule has 2 bridgehead atoms. The zero-order chi connectivity index (χ0) is 15.4. The average Bonchev–Trinajstić information content (AvgIpc) is 2.74. The van der Waals surface area contributed by atoms with E-state index in [2.05, 4.69) is 12.4 Å². The molecule has 120 valence electrons. The second-order valence-corrected chi connectivity index (χ2v) is 5.73. The fourth-order valence-corrected chi connectivity index (χ4v) is 2.91. The van der Waals surface area contributed by atoms with Gasteiger partial charge in [0.1, 0.15) is 6.04 Å². The van der Waals surface area contributed by atoms with Gasteiger partial charge in [0.15, 0.2) is 0 Å². The molecule has 7 nitrogen and oxygen atoms in total. The van der Waals surface area contributed by atoms with E-state index in [1.54, 1.807) is 4.90 Å². The van der Waals surface area contributed by atoms with E-state index >= 15 is 0 Å². The fraction of sp³-hybridized carbons (Fsp3) is 0.857. The first-order valence-electron chi connectivity index (χ1n) is 7.67. The van der Waals surface area contributed by atoms with Crippen molar-refractivity contribution < 1.29 is 19.3 Å². The molecular weight excluding hydrogens is 274 g/mol. The van der Waals surface area contributed by atoms with Crippen molar-refractivity contribution in [2.24, 2.45) is 0 Å². The van der Waals surface area contributed by atoms with E-state index in [9.17, 15) is 9.59 Å². The molecule has 21 heavy (non-hydrogen) atoms. The topological polar surface area (TPSA) is 71.1 Å². The molecule has 2 fully saturated rings. The predicted molar refractivity (Wildman–Crippen MR) is 76.0 cm³/mol. The number of rotatable bonds is 7. The Morgan fingerprint density at radius 3 is 2.90 bits per heavy atom. The van der Waals surface area contributed by atoms with E-state index in [1.165, 1.54) is 12.2 Å². The van der Waals surface area contributed by atoms with Gasteiger partial charge >= 0.3 is 6.03 Å². The molecule has 0 spiro atoms. The zero-order valence-corrected chi connectivity index (χ0v) is 13.0. The van der Waals surface area contributed by atoms with Crippen molar-refractivity contribution in [3.05, 3.63) is 0 Å². The van der Waals surface area contributed by atoms with Crippen LogP contribution >= 0.6 is 0 Å². The third kappa shape index (κ3) is 3.47. The largest absolute Gasteiger partial charge is 0.345 e. The van der Waals surface area contributed by atoms with Crippen molar-refractivity contribution in [2.45, 2.75) is 64.1 Å². The number of nitrogens with one attached hydrogen (secondary N) is 1. The Hall–Kier alpha value is -1.34. The highest BCUT2D eigenvalue weighted by molar-refractivity contribution is 5.87. The van der Waals surface area contributed by atoms with Gasteiger partial charge in [-0.05, 0) is 26.2 Å². The van der Waals surface area contributed by atoms with Gasteiger partial charge in [-0.1, -0.05) is 19.8 Å². The lowest BCUT2D eigenvalue weighted by molar-refractivity contribution is -0.143. The zero-order valence-electron chi connectivity index (χ0n) is 13.0. The lowest BCUT2D eigenvalue weighted by atomic mass is 10.0. The second-order valence-electron chi connectivity index (χ2n) is 5.73. The molecule has 2 rings (SSSR count). The molecule has 2 heterocycles. The highest BCUT2D eigenvalue weighted by Crippen LogP contribution is 2.29. The number of hydrogen-bond acceptors (Lipinski definition) is 4. The van der Waals surface area contributed by atoms with Crippen molar-refractivity contribution in [1.29, 1.82) is 0 Å². The molecule has 0 aliphatic carbocycles. The van der Waals surface area contributed by atoms with Crippen molar-refractivity contribution in [3.8, 4) is 0 Å². The molecule has 0 aromatic heterocycles. The lowest BCUT2D eigenvalue weighted by Gasteiger charge is -2.29. The van der Waals surface area contributed by atoms with Gasteiger partial charge in [-0.15, -0.1) is 0 Å². The van der Waals surface area contributed by atoms with Crippen molar-refractivity contribution in [3.63, 3.8) is 0 Å². The van der Waals surface area contributed by atoms with Crippen LogP contribution in [0.2, 0.25) is 0 Å². The van der Waals surface area contributed by atoms with E-state index in [0.717, 1.165) is 25.7 Å². The number of urea groups is 1. The van der Waals surface area contributed by atoms with Crippen LogP contribution < -0.4 is 5.48 Å². The van der Waals surface area contributed by atoms with Crippen molar-refractivity contribution >= 4 is 11.9 Å². The lowest BCUT2D eigenvalue weighted by Crippen LogP contribution is -2.50. The number of hydroxylamine groups is 3. The smallest absolute Gasteiger partial charge is 0.309 e. The van der Waals surface area contributed by atoms with Crippen LogP contribution in [0, 0.1) is 0 Å². The Kier molecular flexibility index (Phi) is 5.41. The van der Waals surface area contributed by atoms with Crippen LogP contribution in [-0.4, -0.2) is 53.7 Å². The quantitative estimate of drug-likeness (QED) is 0.722. The number of nitrogens with zero attached hydrogens (tertiary/aromatic N) is 2. The monoisotopic (exact) mass is 299 g/mol. The van der Waals surface area contributed by atoms with Crippen LogP contribution in [0.5, 0.6) is 0 Å². The van der Waals surface area contributed by atoms with Gasteiger partial charge in [0.05, 0.1) is 19.3 Å². The van der Waals surface area contributed by atoms with Gasteiger partial charge in [-0.2, -0.15) is 5.06 Å². The van der Waals surface area contributed by atoms with E-state index in [-0.39, 0.29) is 24.1 Å². The summed E-state index contributed by atoms with van der Waals surface area (Å²) in [4.78, 5) is 36.4. The summed E-state index contributed by atoms with van der Waals surface area (Å²) in [5, 5.41) is 1.36. The third-order valence-corrected chi connectivity index (χ3v) is 4.15. The summed E-state index contributed by atoms with van der Waals surface area (Å²) in [7, 11) is 1.48. The number of carbonyl (C=O) groups excluding carboxylic acids is 2. The Bertz CT molecular complexity index is 390. The number of hydrogen-bond donors (Lipinski definition) is 1. The maximum Gasteiger partial charge on any atom is 0.345 e. The Balaban J connectivity index is 1.85. The van der Waals surface area contributed by atoms with Crippen LogP contribution in [0.1, 0.15) is 46.0 Å². The van der Waals surface area contributed by atoms with E-state index < -0.39 is 6.04 Å². The SMILES string of the molecule is CCCCC(C)ONC(=O)C1CCC2CN1C(=O)N2OC.